The first-order chi connectivity index (χ1) is 25.8. The summed E-state index contributed by atoms with van der Waals surface area (Å²) in [5.41, 5.74) is -0.852. The minimum Gasteiger partial charge on any atom is -0.408 e. The van der Waals surface area contributed by atoms with Gasteiger partial charge in [-0.1, -0.05) is 116 Å². The Kier molecular flexibility index (Phi) is 11.3. The highest BCUT2D eigenvalue weighted by Gasteiger charge is 2.62. The van der Waals surface area contributed by atoms with Crippen molar-refractivity contribution in [3.63, 3.8) is 0 Å². The summed E-state index contributed by atoms with van der Waals surface area (Å²) in [6.45, 7) is 19.9. The predicted octanol–water partition coefficient (Wildman–Crippen LogP) is 6.58. The molecule has 1 saturated carbocycles. The maximum atomic E-state index is 17.7. The normalized spacial score (nSPS) is 22.4. The SMILES string of the molecule is CC(C)C(=O)Nc1nc(N(C)C2CC2)c2ncn([C@@H]3O[C@](CO)(CO[Si](c4ccccc4)(c4ccccc4)C(C)(C)C)[C@@H](O[Si](C)(C)C(C)(C)C)[C@H]3F)c2n1. The number of carbonyl (C=O) groups is 1. The van der Waals surface area contributed by atoms with Crippen molar-refractivity contribution < 1.29 is 27.9 Å². The van der Waals surface area contributed by atoms with Crippen molar-refractivity contribution in [2.24, 2.45) is 5.92 Å². The third-order valence-electron chi connectivity index (χ3n) is 11.7. The van der Waals surface area contributed by atoms with Gasteiger partial charge >= 0.3 is 0 Å². The van der Waals surface area contributed by atoms with Crippen molar-refractivity contribution >= 4 is 55.8 Å². The number of hydrogen-bond donors (Lipinski definition) is 2. The molecule has 2 aromatic carbocycles. The molecule has 1 aliphatic heterocycles. The van der Waals surface area contributed by atoms with Crippen LogP contribution in [-0.2, 0) is 18.4 Å². The summed E-state index contributed by atoms with van der Waals surface area (Å²) in [5.74, 6) is 0.0855. The molecule has 1 aliphatic carbocycles. The lowest BCUT2D eigenvalue weighted by Crippen LogP contribution is -2.68. The number of halogens is 1. The van der Waals surface area contributed by atoms with Gasteiger partial charge in [0.15, 0.2) is 37.7 Å². The number of aromatic nitrogens is 4. The fraction of sp³-hybridized carbons (Fsp3) is 0.561. The summed E-state index contributed by atoms with van der Waals surface area (Å²) < 4.78 is 40.5. The van der Waals surface area contributed by atoms with Gasteiger partial charge in [-0.3, -0.25) is 14.7 Å². The third kappa shape index (κ3) is 7.65. The maximum absolute atomic E-state index is 17.7. The molecule has 2 N–H and O–H groups in total. The number of ether oxygens (including phenoxy) is 1. The highest BCUT2D eigenvalue weighted by atomic mass is 28.4. The molecule has 4 aromatic rings. The molecule has 1 amide bonds. The number of nitrogens with zero attached hydrogens (tertiary/aromatic N) is 5. The fourth-order valence-electron chi connectivity index (χ4n) is 7.25. The van der Waals surface area contributed by atoms with Crippen LogP contribution in [-0.4, -0.2) is 91.3 Å². The zero-order chi connectivity index (χ0) is 40.1. The van der Waals surface area contributed by atoms with Gasteiger partial charge in [-0.05, 0) is 46.4 Å². The Labute approximate surface area is 327 Å². The second-order valence-corrected chi connectivity index (χ2v) is 27.2. The van der Waals surface area contributed by atoms with Gasteiger partial charge in [0, 0.05) is 19.0 Å². The summed E-state index contributed by atoms with van der Waals surface area (Å²) in [4.78, 5) is 29.0. The van der Waals surface area contributed by atoms with Crippen molar-refractivity contribution in [1.82, 2.24) is 19.5 Å². The van der Waals surface area contributed by atoms with Crippen LogP contribution < -0.4 is 20.6 Å². The molecule has 3 heterocycles. The number of hydrogen-bond acceptors (Lipinski definition) is 9. The van der Waals surface area contributed by atoms with Crippen LogP contribution in [0.25, 0.3) is 11.2 Å². The number of aliphatic hydroxyl groups excluding tert-OH is 1. The molecule has 0 radical (unpaired) electrons. The van der Waals surface area contributed by atoms with E-state index < -0.39 is 47.3 Å². The van der Waals surface area contributed by atoms with Gasteiger partial charge in [0.05, 0.1) is 19.5 Å². The van der Waals surface area contributed by atoms with E-state index in [1.165, 1.54) is 6.33 Å². The molecular weight excluding hydrogens is 732 g/mol. The Hall–Kier alpha value is -3.54. The van der Waals surface area contributed by atoms with Crippen LogP contribution in [0.15, 0.2) is 67.0 Å². The molecule has 2 aromatic heterocycles. The van der Waals surface area contributed by atoms with Crippen molar-refractivity contribution in [3.05, 3.63) is 67.0 Å². The van der Waals surface area contributed by atoms with Crippen LogP contribution in [0.1, 0.15) is 74.5 Å². The summed E-state index contributed by atoms with van der Waals surface area (Å²) >= 11 is 0. The minimum absolute atomic E-state index is 0.0985. The quantitative estimate of drug-likeness (QED) is 0.145. The van der Waals surface area contributed by atoms with Crippen LogP contribution in [0.3, 0.4) is 0 Å². The van der Waals surface area contributed by atoms with Gasteiger partial charge in [0.2, 0.25) is 11.9 Å². The smallest absolute Gasteiger partial charge is 0.261 e. The van der Waals surface area contributed by atoms with E-state index in [4.69, 9.17) is 28.5 Å². The van der Waals surface area contributed by atoms with Gasteiger partial charge in [-0.25, -0.2) is 9.37 Å². The van der Waals surface area contributed by atoms with E-state index in [0.717, 1.165) is 23.2 Å². The van der Waals surface area contributed by atoms with Gasteiger partial charge in [-0.2, -0.15) is 9.97 Å². The molecule has 2 aliphatic rings. The average Bonchev–Trinajstić information content (AvgIpc) is 3.85. The Morgan fingerprint density at radius 3 is 2.09 bits per heavy atom. The van der Waals surface area contributed by atoms with E-state index in [1.54, 1.807) is 18.4 Å². The Bertz CT molecular complexity index is 1930. The maximum Gasteiger partial charge on any atom is 0.261 e. The lowest BCUT2D eigenvalue weighted by Gasteiger charge is -2.46. The lowest BCUT2D eigenvalue weighted by molar-refractivity contribution is -0.143. The molecule has 4 atom stereocenters. The van der Waals surface area contributed by atoms with Gasteiger partial charge in [-0.15, -0.1) is 0 Å². The number of imidazole rings is 1. The van der Waals surface area contributed by atoms with E-state index >= 15 is 4.39 Å². The Morgan fingerprint density at radius 2 is 1.60 bits per heavy atom. The number of fused-ring (bicyclic) bond motifs is 1. The number of benzene rings is 2. The van der Waals surface area contributed by atoms with E-state index in [-0.39, 0.29) is 40.5 Å². The summed E-state index contributed by atoms with van der Waals surface area (Å²) in [6.07, 6.45) is -0.729. The topological polar surface area (TPSA) is 124 Å². The Balaban J connectivity index is 1.49. The summed E-state index contributed by atoms with van der Waals surface area (Å²) in [5, 5.41) is 15.8. The molecular formula is C41H59FN6O5Si2. The van der Waals surface area contributed by atoms with Crippen LogP contribution >= 0.6 is 0 Å². The van der Waals surface area contributed by atoms with Crippen LogP contribution in [0.2, 0.25) is 23.2 Å². The van der Waals surface area contributed by atoms with Crippen molar-refractivity contribution in [2.45, 2.75) is 122 Å². The number of nitrogens with one attached hydrogen (secondary N) is 1. The number of aliphatic hydroxyl groups is 1. The largest absolute Gasteiger partial charge is 0.408 e. The first-order valence-electron chi connectivity index (χ1n) is 19.4. The van der Waals surface area contributed by atoms with Crippen molar-refractivity contribution in [3.8, 4) is 0 Å². The monoisotopic (exact) mass is 790 g/mol. The van der Waals surface area contributed by atoms with Gasteiger partial charge < -0.3 is 23.6 Å². The highest BCUT2D eigenvalue weighted by Crippen LogP contribution is 2.48. The van der Waals surface area contributed by atoms with Gasteiger partial charge in [0.1, 0.15) is 11.7 Å². The second kappa shape index (κ2) is 15.1. The number of amides is 1. The van der Waals surface area contributed by atoms with E-state index in [0.29, 0.717) is 17.0 Å². The van der Waals surface area contributed by atoms with Crippen LogP contribution in [0.5, 0.6) is 0 Å². The molecule has 0 spiro atoms. The molecule has 1 saturated heterocycles. The summed E-state index contributed by atoms with van der Waals surface area (Å²) in [7, 11) is -3.89. The second-order valence-electron chi connectivity index (χ2n) is 18.1. The molecule has 6 rings (SSSR count). The molecule has 14 heteroatoms. The number of alkyl halides is 1. The molecule has 0 bridgehead atoms. The third-order valence-corrected chi connectivity index (χ3v) is 21.2. The van der Waals surface area contributed by atoms with E-state index in [2.05, 4.69) is 84.2 Å². The zero-order valence-electron chi connectivity index (χ0n) is 34.3. The molecule has 2 fully saturated rings. The molecule has 55 heavy (non-hydrogen) atoms. The average molecular weight is 791 g/mol. The van der Waals surface area contributed by atoms with Crippen molar-refractivity contribution in [1.29, 1.82) is 0 Å². The van der Waals surface area contributed by atoms with Crippen LogP contribution in [0.4, 0.5) is 16.2 Å². The molecule has 298 valence electrons. The lowest BCUT2D eigenvalue weighted by atomic mass is 9.98. The molecule has 11 nitrogen and oxygen atoms in total. The molecule has 0 unspecified atom stereocenters. The van der Waals surface area contributed by atoms with E-state index in [9.17, 15) is 9.90 Å². The first-order valence-corrected chi connectivity index (χ1v) is 24.2. The fourth-order valence-corrected chi connectivity index (χ4v) is 13.2. The van der Waals surface area contributed by atoms with E-state index in [1.807, 2.05) is 48.3 Å². The highest BCUT2D eigenvalue weighted by molar-refractivity contribution is 6.99. The summed E-state index contributed by atoms with van der Waals surface area (Å²) in [6, 6.07) is 20.7. The first kappa shape index (κ1) is 41.1. The zero-order valence-corrected chi connectivity index (χ0v) is 36.3. The van der Waals surface area contributed by atoms with Crippen LogP contribution in [0, 0.1) is 5.92 Å². The van der Waals surface area contributed by atoms with Gasteiger partial charge in [0.25, 0.3) is 8.32 Å². The minimum atomic E-state index is -3.16. The predicted molar refractivity (Wildman–Crippen MR) is 221 cm³/mol. The Morgan fingerprint density at radius 1 is 1.02 bits per heavy atom. The standard InChI is InChI=1S/C41H59FN6O5Si2/c1-27(2)36(50)46-38-44-34(47(9)28-22-23-28)32-35(45-38)48(26-43-32)37-31(42)33(53-54(10,11)39(3,4)5)41(24-49,52-37)25-51-55(40(6,7)8,29-18-14-12-15-19-29)30-20-16-13-17-21-30/h12-21,26-28,31,33,37,49H,22-25H2,1-11H3,(H,44,45,46,50)/t31-,33+,37-,41-/m1/s1. The number of anilines is 2. The number of carbonyl (C=O) groups excluding carboxylic acids is 1. The van der Waals surface area contributed by atoms with Crippen molar-refractivity contribution in [2.75, 3.05) is 30.5 Å². The number of rotatable bonds is 13.